The zero-order valence-electron chi connectivity index (χ0n) is 11.6. The standard InChI is InChI=1S/C17H15BrN2S/c1-19-11-15-16(12-6-3-2-4-7-12)20-17(21-15)13-8-5-9-14(18)10-13/h2-10,19H,11H2,1H3. The van der Waals surface area contributed by atoms with Gasteiger partial charge in [-0.3, -0.25) is 0 Å². The molecular weight excluding hydrogens is 344 g/mol. The number of halogens is 1. The van der Waals surface area contributed by atoms with Gasteiger partial charge in [-0.1, -0.05) is 58.4 Å². The lowest BCUT2D eigenvalue weighted by Gasteiger charge is -2.00. The van der Waals surface area contributed by atoms with Crippen molar-refractivity contribution in [2.24, 2.45) is 0 Å². The Morgan fingerprint density at radius 1 is 1.05 bits per heavy atom. The Morgan fingerprint density at radius 2 is 1.81 bits per heavy atom. The summed E-state index contributed by atoms with van der Waals surface area (Å²) in [6.07, 6.45) is 0. The van der Waals surface area contributed by atoms with Crippen LogP contribution in [0.2, 0.25) is 0 Å². The third-order valence-electron chi connectivity index (χ3n) is 3.15. The molecule has 0 saturated carbocycles. The van der Waals surface area contributed by atoms with Crippen LogP contribution in [0, 0.1) is 0 Å². The fraction of sp³-hybridized carbons (Fsp3) is 0.118. The number of benzene rings is 2. The zero-order chi connectivity index (χ0) is 14.7. The lowest BCUT2D eigenvalue weighted by molar-refractivity contribution is 0.831. The van der Waals surface area contributed by atoms with Crippen molar-refractivity contribution in [3.8, 4) is 21.8 Å². The first-order valence-electron chi connectivity index (χ1n) is 6.73. The molecule has 0 atom stereocenters. The largest absolute Gasteiger partial charge is 0.315 e. The molecule has 106 valence electrons. The van der Waals surface area contributed by atoms with Crippen molar-refractivity contribution >= 4 is 27.3 Å². The second-order valence-electron chi connectivity index (χ2n) is 4.70. The van der Waals surface area contributed by atoms with Crippen LogP contribution in [0.15, 0.2) is 59.1 Å². The smallest absolute Gasteiger partial charge is 0.124 e. The maximum atomic E-state index is 4.87. The topological polar surface area (TPSA) is 24.9 Å². The van der Waals surface area contributed by atoms with Gasteiger partial charge < -0.3 is 5.32 Å². The van der Waals surface area contributed by atoms with Crippen molar-refractivity contribution in [1.82, 2.24) is 10.3 Å². The number of nitrogens with zero attached hydrogens (tertiary/aromatic N) is 1. The number of rotatable bonds is 4. The second-order valence-corrected chi connectivity index (χ2v) is 6.70. The molecule has 0 amide bonds. The van der Waals surface area contributed by atoms with Crippen molar-refractivity contribution < 1.29 is 0 Å². The quantitative estimate of drug-likeness (QED) is 0.712. The molecule has 0 aliphatic rings. The molecule has 1 N–H and O–H groups in total. The minimum Gasteiger partial charge on any atom is -0.315 e. The molecule has 0 aliphatic heterocycles. The van der Waals surface area contributed by atoms with Crippen LogP contribution in [0.3, 0.4) is 0 Å². The maximum Gasteiger partial charge on any atom is 0.124 e. The van der Waals surface area contributed by atoms with E-state index in [1.165, 1.54) is 10.4 Å². The summed E-state index contributed by atoms with van der Waals surface area (Å²) in [6, 6.07) is 18.6. The van der Waals surface area contributed by atoms with Gasteiger partial charge in [-0.05, 0) is 19.2 Å². The van der Waals surface area contributed by atoms with E-state index in [9.17, 15) is 0 Å². The summed E-state index contributed by atoms with van der Waals surface area (Å²) >= 11 is 5.27. The van der Waals surface area contributed by atoms with Crippen LogP contribution in [-0.4, -0.2) is 12.0 Å². The van der Waals surface area contributed by atoms with Crippen molar-refractivity contribution in [1.29, 1.82) is 0 Å². The average Bonchev–Trinajstić information content (AvgIpc) is 2.93. The van der Waals surface area contributed by atoms with E-state index in [0.29, 0.717) is 0 Å². The van der Waals surface area contributed by atoms with Crippen LogP contribution in [0.25, 0.3) is 21.8 Å². The third-order valence-corrected chi connectivity index (χ3v) is 4.75. The van der Waals surface area contributed by atoms with Crippen molar-refractivity contribution in [3.63, 3.8) is 0 Å². The molecule has 21 heavy (non-hydrogen) atoms. The Labute approximate surface area is 137 Å². The predicted molar refractivity (Wildman–Crippen MR) is 93.4 cm³/mol. The van der Waals surface area contributed by atoms with Gasteiger partial charge in [0.1, 0.15) is 5.01 Å². The highest BCUT2D eigenvalue weighted by atomic mass is 79.9. The van der Waals surface area contributed by atoms with E-state index in [0.717, 1.165) is 27.3 Å². The highest BCUT2D eigenvalue weighted by Crippen LogP contribution is 2.34. The van der Waals surface area contributed by atoms with Gasteiger partial charge >= 0.3 is 0 Å². The Balaban J connectivity index is 2.08. The molecule has 3 rings (SSSR count). The van der Waals surface area contributed by atoms with Crippen LogP contribution in [0.1, 0.15) is 4.88 Å². The van der Waals surface area contributed by atoms with E-state index in [4.69, 9.17) is 4.98 Å². The molecule has 0 radical (unpaired) electrons. The minimum atomic E-state index is 0.829. The second kappa shape index (κ2) is 6.52. The number of nitrogens with one attached hydrogen (secondary N) is 1. The summed E-state index contributed by atoms with van der Waals surface area (Å²) in [7, 11) is 1.97. The van der Waals surface area contributed by atoms with Gasteiger partial charge in [0, 0.05) is 27.0 Å². The van der Waals surface area contributed by atoms with E-state index in [1.807, 2.05) is 25.2 Å². The van der Waals surface area contributed by atoms with Crippen LogP contribution in [0.5, 0.6) is 0 Å². The predicted octanol–water partition coefficient (Wildman–Crippen LogP) is 4.96. The van der Waals surface area contributed by atoms with Gasteiger partial charge in [0.2, 0.25) is 0 Å². The first-order chi connectivity index (χ1) is 10.3. The number of thiazole rings is 1. The van der Waals surface area contributed by atoms with Crippen LogP contribution < -0.4 is 5.32 Å². The van der Waals surface area contributed by atoms with Crippen molar-refractivity contribution in [2.45, 2.75) is 6.54 Å². The van der Waals surface area contributed by atoms with Gasteiger partial charge in [-0.2, -0.15) is 0 Å². The Bertz CT molecular complexity index is 738. The van der Waals surface area contributed by atoms with Gasteiger partial charge in [0.05, 0.1) is 5.69 Å². The molecule has 0 saturated heterocycles. The lowest BCUT2D eigenvalue weighted by Crippen LogP contribution is -2.04. The number of hydrogen-bond acceptors (Lipinski definition) is 3. The Morgan fingerprint density at radius 3 is 2.52 bits per heavy atom. The summed E-state index contributed by atoms with van der Waals surface area (Å²) in [5, 5.41) is 4.29. The van der Waals surface area contributed by atoms with E-state index >= 15 is 0 Å². The molecule has 2 aromatic carbocycles. The molecule has 0 spiro atoms. The summed E-state index contributed by atoms with van der Waals surface area (Å²) < 4.78 is 1.08. The number of aromatic nitrogens is 1. The molecule has 0 bridgehead atoms. The zero-order valence-corrected chi connectivity index (χ0v) is 14.0. The molecule has 1 heterocycles. The molecule has 1 aromatic heterocycles. The normalized spacial score (nSPS) is 10.8. The van der Waals surface area contributed by atoms with E-state index < -0.39 is 0 Å². The van der Waals surface area contributed by atoms with E-state index in [1.54, 1.807) is 11.3 Å². The first kappa shape index (κ1) is 14.4. The molecule has 0 aliphatic carbocycles. The lowest BCUT2D eigenvalue weighted by atomic mass is 10.1. The number of hydrogen-bond donors (Lipinski definition) is 1. The summed E-state index contributed by atoms with van der Waals surface area (Å²) in [5.74, 6) is 0. The van der Waals surface area contributed by atoms with E-state index in [2.05, 4.69) is 57.6 Å². The van der Waals surface area contributed by atoms with Gasteiger partial charge in [0.15, 0.2) is 0 Å². The molecule has 3 aromatic rings. The van der Waals surface area contributed by atoms with Crippen molar-refractivity contribution in [3.05, 3.63) is 63.9 Å². The fourth-order valence-electron chi connectivity index (χ4n) is 2.20. The van der Waals surface area contributed by atoms with Gasteiger partial charge in [0.25, 0.3) is 0 Å². The molecular formula is C17H15BrN2S. The van der Waals surface area contributed by atoms with E-state index in [-0.39, 0.29) is 0 Å². The van der Waals surface area contributed by atoms with Gasteiger partial charge in [-0.25, -0.2) is 4.98 Å². The SMILES string of the molecule is CNCc1sc(-c2cccc(Br)c2)nc1-c1ccccc1. The van der Waals surface area contributed by atoms with Crippen LogP contribution >= 0.6 is 27.3 Å². The molecule has 0 unspecified atom stereocenters. The fourth-order valence-corrected chi connectivity index (χ4v) is 3.69. The molecule has 2 nitrogen and oxygen atoms in total. The van der Waals surface area contributed by atoms with Crippen LogP contribution in [0.4, 0.5) is 0 Å². The highest BCUT2D eigenvalue weighted by Gasteiger charge is 2.13. The Kier molecular flexibility index (Phi) is 4.48. The molecule has 4 heteroatoms. The monoisotopic (exact) mass is 358 g/mol. The summed E-state index contributed by atoms with van der Waals surface area (Å²) in [5.41, 5.74) is 3.39. The maximum absolute atomic E-state index is 4.87. The van der Waals surface area contributed by atoms with Gasteiger partial charge in [-0.15, -0.1) is 11.3 Å². The molecule has 0 fully saturated rings. The minimum absolute atomic E-state index is 0.829. The Hall–Kier alpha value is -1.49. The summed E-state index contributed by atoms with van der Waals surface area (Å²) in [6.45, 7) is 0.829. The third kappa shape index (κ3) is 3.23. The first-order valence-corrected chi connectivity index (χ1v) is 8.34. The van der Waals surface area contributed by atoms with Crippen molar-refractivity contribution in [2.75, 3.05) is 7.05 Å². The highest BCUT2D eigenvalue weighted by molar-refractivity contribution is 9.10. The van der Waals surface area contributed by atoms with Crippen LogP contribution in [-0.2, 0) is 6.54 Å². The summed E-state index contributed by atoms with van der Waals surface area (Å²) in [4.78, 5) is 6.13. The average molecular weight is 359 g/mol.